The van der Waals surface area contributed by atoms with E-state index in [4.69, 9.17) is 29.3 Å². The second kappa shape index (κ2) is 14.0. The minimum Gasteiger partial charge on any atom is -0.475 e. The van der Waals surface area contributed by atoms with Crippen LogP contribution < -0.4 is 0 Å². The highest BCUT2D eigenvalue weighted by Gasteiger charge is 2.45. The molecular formula is C24H25F6N3O7. The maximum atomic E-state index is 12.9. The van der Waals surface area contributed by atoms with Gasteiger partial charge in [-0.1, -0.05) is 12.1 Å². The molecule has 0 unspecified atom stereocenters. The number of carboxylic acids is 2. The lowest BCUT2D eigenvalue weighted by Crippen LogP contribution is -2.54. The second-order valence-corrected chi connectivity index (χ2v) is 8.46. The third kappa shape index (κ3) is 9.75. The Kier molecular flexibility index (Phi) is 11.4. The summed E-state index contributed by atoms with van der Waals surface area (Å²) in [5.74, 6) is -5.53. The van der Waals surface area contributed by atoms with Gasteiger partial charge in [-0.2, -0.15) is 26.3 Å². The van der Waals surface area contributed by atoms with Crippen LogP contribution in [0.15, 0.2) is 42.7 Å². The lowest BCUT2D eigenvalue weighted by molar-refractivity contribution is -0.193. The van der Waals surface area contributed by atoms with Crippen LogP contribution in [0.25, 0.3) is 0 Å². The van der Waals surface area contributed by atoms with Crippen molar-refractivity contribution in [3.8, 4) is 0 Å². The number of pyridine rings is 2. The first-order valence-electron chi connectivity index (χ1n) is 11.6. The molecule has 2 aliphatic rings. The summed E-state index contributed by atoms with van der Waals surface area (Å²) in [4.78, 5) is 41.2. The normalized spacial score (nSPS) is 20.3. The van der Waals surface area contributed by atoms with Gasteiger partial charge in [-0.25, -0.2) is 14.6 Å². The van der Waals surface area contributed by atoms with Crippen LogP contribution in [-0.2, 0) is 25.7 Å². The van der Waals surface area contributed by atoms with Crippen LogP contribution in [0.1, 0.15) is 34.6 Å². The van der Waals surface area contributed by atoms with Crippen LogP contribution in [0.4, 0.5) is 26.3 Å². The van der Waals surface area contributed by atoms with Gasteiger partial charge in [0.05, 0.1) is 25.4 Å². The third-order valence-electron chi connectivity index (χ3n) is 5.58. The van der Waals surface area contributed by atoms with E-state index >= 15 is 0 Å². The van der Waals surface area contributed by atoms with Crippen molar-refractivity contribution < 1.29 is 60.4 Å². The van der Waals surface area contributed by atoms with E-state index in [1.165, 1.54) is 0 Å². The largest absolute Gasteiger partial charge is 0.490 e. The van der Waals surface area contributed by atoms with Crippen LogP contribution in [0.2, 0.25) is 0 Å². The van der Waals surface area contributed by atoms with Gasteiger partial charge in [0.15, 0.2) is 0 Å². The standard InChI is InChI=1S/C20H23N3O3.2C2HF3O2/c1-14-4-2-6-16(22-14)20(24)23-10-11-25-19-17(23)7-8-18(19)26-13-15-5-3-9-21-12-15;2*3-2(4,5)1(6)7/h2-6,9,12,17-19H,7-8,10-11,13H2,1H3;2*(H,6,7)/t17-,18+,19+;;/m0../s1. The van der Waals surface area contributed by atoms with Crippen molar-refractivity contribution in [1.29, 1.82) is 0 Å². The van der Waals surface area contributed by atoms with Crippen molar-refractivity contribution in [2.75, 3.05) is 13.2 Å². The molecule has 10 nitrogen and oxygen atoms in total. The fraction of sp³-hybridized carbons (Fsp3) is 0.458. The molecule has 2 aromatic heterocycles. The molecule has 1 saturated heterocycles. The van der Waals surface area contributed by atoms with E-state index in [1.54, 1.807) is 12.3 Å². The quantitative estimate of drug-likeness (QED) is 0.518. The maximum absolute atomic E-state index is 12.9. The van der Waals surface area contributed by atoms with Gasteiger partial charge >= 0.3 is 24.3 Å². The van der Waals surface area contributed by atoms with Gasteiger partial charge in [-0.3, -0.25) is 9.78 Å². The number of aromatic nitrogens is 2. The van der Waals surface area contributed by atoms with Crippen LogP contribution in [0.5, 0.6) is 0 Å². The number of aryl methyl sites for hydroxylation is 1. The molecular weight excluding hydrogens is 556 g/mol. The first kappa shape index (κ1) is 32.4. The van der Waals surface area contributed by atoms with E-state index in [2.05, 4.69) is 9.97 Å². The lowest BCUT2D eigenvalue weighted by Gasteiger charge is -2.38. The van der Waals surface area contributed by atoms with E-state index < -0.39 is 24.3 Å². The van der Waals surface area contributed by atoms with Crippen LogP contribution >= 0.6 is 0 Å². The molecule has 3 atom stereocenters. The zero-order chi connectivity index (χ0) is 30.1. The van der Waals surface area contributed by atoms with Gasteiger partial charge in [0.2, 0.25) is 0 Å². The summed E-state index contributed by atoms with van der Waals surface area (Å²) in [5.41, 5.74) is 2.40. The smallest absolute Gasteiger partial charge is 0.475 e. The summed E-state index contributed by atoms with van der Waals surface area (Å²) < 4.78 is 75.6. The number of halogens is 6. The summed E-state index contributed by atoms with van der Waals surface area (Å²) >= 11 is 0. The van der Waals surface area contributed by atoms with E-state index in [0.717, 1.165) is 24.1 Å². The molecule has 40 heavy (non-hydrogen) atoms. The highest BCUT2D eigenvalue weighted by atomic mass is 19.4. The minimum absolute atomic E-state index is 0.00118. The number of fused-ring (bicyclic) bond motifs is 1. The molecule has 4 rings (SSSR count). The number of rotatable bonds is 4. The fourth-order valence-electron chi connectivity index (χ4n) is 3.84. The topological polar surface area (TPSA) is 139 Å². The van der Waals surface area contributed by atoms with Crippen molar-refractivity contribution in [2.24, 2.45) is 0 Å². The summed E-state index contributed by atoms with van der Waals surface area (Å²) in [6, 6.07) is 9.52. The predicted octanol–water partition coefficient (Wildman–Crippen LogP) is 3.64. The Labute approximate surface area is 223 Å². The second-order valence-electron chi connectivity index (χ2n) is 8.46. The first-order chi connectivity index (χ1) is 18.6. The molecule has 1 saturated carbocycles. The Morgan fingerprint density at radius 3 is 2.17 bits per heavy atom. The molecule has 0 aromatic carbocycles. The van der Waals surface area contributed by atoms with E-state index in [1.807, 2.05) is 42.3 Å². The molecule has 0 radical (unpaired) electrons. The lowest BCUT2D eigenvalue weighted by atomic mass is 10.1. The third-order valence-corrected chi connectivity index (χ3v) is 5.58. The number of nitrogens with zero attached hydrogens (tertiary/aromatic N) is 3. The number of amides is 1. The average Bonchev–Trinajstić information content (AvgIpc) is 3.30. The number of carboxylic acid groups (broad SMARTS) is 2. The molecule has 1 aliphatic carbocycles. The van der Waals surface area contributed by atoms with Crippen molar-refractivity contribution in [2.45, 2.75) is 57.0 Å². The molecule has 16 heteroatoms. The zero-order valence-corrected chi connectivity index (χ0v) is 20.9. The summed E-state index contributed by atoms with van der Waals surface area (Å²) in [5, 5.41) is 14.2. The number of carbonyl (C=O) groups is 3. The molecule has 2 N–H and O–H groups in total. The number of aliphatic carboxylic acids is 2. The minimum atomic E-state index is -5.08. The molecule has 3 heterocycles. The summed E-state index contributed by atoms with van der Waals surface area (Å²) in [6.07, 6.45) is -4.90. The van der Waals surface area contributed by atoms with E-state index in [9.17, 15) is 31.1 Å². The Bertz CT molecular complexity index is 1120. The Morgan fingerprint density at radius 2 is 1.65 bits per heavy atom. The SMILES string of the molecule is Cc1cccc(C(=O)N2CCO[C@H]3[C@H](OCc4cccnc4)CC[C@@H]32)n1.O=C(O)C(F)(F)F.O=C(O)C(F)(F)F. The molecule has 220 valence electrons. The van der Waals surface area contributed by atoms with Crippen LogP contribution in [-0.4, -0.2) is 86.7 Å². The Morgan fingerprint density at radius 1 is 1.02 bits per heavy atom. The fourth-order valence-corrected chi connectivity index (χ4v) is 3.84. The number of ether oxygens (including phenoxy) is 2. The Balaban J connectivity index is 0.000000333. The van der Waals surface area contributed by atoms with Gasteiger partial charge in [-0.15, -0.1) is 0 Å². The van der Waals surface area contributed by atoms with Crippen molar-refractivity contribution in [3.05, 3.63) is 59.7 Å². The van der Waals surface area contributed by atoms with Gasteiger partial charge in [0.1, 0.15) is 11.8 Å². The van der Waals surface area contributed by atoms with Crippen molar-refractivity contribution >= 4 is 17.8 Å². The monoisotopic (exact) mass is 581 g/mol. The summed E-state index contributed by atoms with van der Waals surface area (Å²) in [6.45, 7) is 3.55. The Hall–Kier alpha value is -3.79. The predicted molar refractivity (Wildman–Crippen MR) is 123 cm³/mol. The van der Waals surface area contributed by atoms with Crippen LogP contribution in [0.3, 0.4) is 0 Å². The van der Waals surface area contributed by atoms with E-state index in [-0.39, 0.29) is 24.2 Å². The number of morpholine rings is 1. The van der Waals surface area contributed by atoms with Gasteiger partial charge in [0, 0.05) is 24.6 Å². The van der Waals surface area contributed by atoms with Crippen molar-refractivity contribution in [1.82, 2.24) is 14.9 Å². The van der Waals surface area contributed by atoms with Crippen molar-refractivity contribution in [3.63, 3.8) is 0 Å². The zero-order valence-electron chi connectivity index (χ0n) is 20.9. The van der Waals surface area contributed by atoms with E-state index in [0.29, 0.717) is 25.5 Å². The first-order valence-corrected chi connectivity index (χ1v) is 11.6. The number of hydrogen-bond donors (Lipinski definition) is 2. The average molecular weight is 581 g/mol. The molecule has 2 fully saturated rings. The van der Waals surface area contributed by atoms with Gasteiger partial charge in [0.25, 0.3) is 5.91 Å². The van der Waals surface area contributed by atoms with Crippen LogP contribution in [0, 0.1) is 6.92 Å². The molecule has 0 spiro atoms. The number of hydrogen-bond acceptors (Lipinski definition) is 7. The van der Waals surface area contributed by atoms with Gasteiger partial charge in [-0.05, 0) is 43.5 Å². The molecule has 0 bridgehead atoms. The number of alkyl halides is 6. The highest BCUT2D eigenvalue weighted by Crippen LogP contribution is 2.33. The molecule has 1 aliphatic heterocycles. The summed E-state index contributed by atoms with van der Waals surface area (Å²) in [7, 11) is 0. The highest BCUT2D eigenvalue weighted by molar-refractivity contribution is 5.92. The maximum Gasteiger partial charge on any atom is 0.490 e. The molecule has 1 amide bonds. The number of carbonyl (C=O) groups excluding carboxylic acids is 1. The molecule has 2 aromatic rings. The van der Waals surface area contributed by atoms with Gasteiger partial charge < -0.3 is 24.6 Å².